The van der Waals surface area contributed by atoms with Gasteiger partial charge in [-0.2, -0.15) is 0 Å². The van der Waals surface area contributed by atoms with Gasteiger partial charge in [-0.05, 0) is 20.8 Å². The fraction of sp³-hybridized carbons (Fsp3) is 0.917. The largest absolute Gasteiger partial charge is 0.444 e. The Morgan fingerprint density at radius 3 is 2.33 bits per heavy atom. The zero-order valence-corrected chi connectivity index (χ0v) is 11.7. The fourth-order valence-electron chi connectivity index (χ4n) is 2.00. The van der Waals surface area contributed by atoms with Crippen molar-refractivity contribution in [2.75, 3.05) is 27.4 Å². The molecule has 1 atom stereocenters. The van der Waals surface area contributed by atoms with Gasteiger partial charge in [0.2, 0.25) is 0 Å². The third-order valence-electron chi connectivity index (χ3n) is 2.98. The summed E-state index contributed by atoms with van der Waals surface area (Å²) >= 11 is 0. The summed E-state index contributed by atoms with van der Waals surface area (Å²) in [4.78, 5) is 13.5. The number of ether oxygens (including phenoxy) is 3. The minimum absolute atomic E-state index is 0.145. The normalized spacial score (nSPS) is 23.2. The van der Waals surface area contributed by atoms with Crippen LogP contribution in [0, 0.1) is 0 Å². The second-order valence-electron chi connectivity index (χ2n) is 5.47. The number of likely N-dealkylation sites (tertiary alicyclic amines) is 1. The maximum Gasteiger partial charge on any atom is 0.410 e. The molecule has 1 rings (SSSR count). The van der Waals surface area contributed by atoms with Crippen LogP contribution in [0.1, 0.15) is 27.2 Å². The number of methoxy groups -OCH3 is 2. The molecule has 1 N–H and O–H groups in total. The van der Waals surface area contributed by atoms with Crippen LogP contribution in [0.2, 0.25) is 0 Å². The summed E-state index contributed by atoms with van der Waals surface area (Å²) in [6.07, 6.45) is -0.0343. The molecule has 0 bridgehead atoms. The van der Waals surface area contributed by atoms with E-state index in [0.29, 0.717) is 6.42 Å². The molecule has 106 valence electrons. The number of nitrogens with zero attached hydrogens (tertiary/aromatic N) is 1. The highest BCUT2D eigenvalue weighted by Crippen LogP contribution is 2.31. The number of aliphatic hydroxyl groups excluding tert-OH is 1. The Labute approximate surface area is 108 Å². The summed E-state index contributed by atoms with van der Waals surface area (Å²) in [5.41, 5.74) is -0.567. The van der Waals surface area contributed by atoms with E-state index in [1.54, 1.807) is 20.8 Å². The first-order valence-corrected chi connectivity index (χ1v) is 5.97. The van der Waals surface area contributed by atoms with Crippen LogP contribution in [-0.2, 0) is 14.2 Å². The lowest BCUT2D eigenvalue weighted by Gasteiger charge is -2.28. The molecule has 1 fully saturated rings. The quantitative estimate of drug-likeness (QED) is 0.767. The molecule has 6 heteroatoms. The van der Waals surface area contributed by atoms with Gasteiger partial charge in [0, 0.05) is 20.6 Å². The molecule has 1 aliphatic heterocycles. The van der Waals surface area contributed by atoms with E-state index in [0.717, 1.165) is 0 Å². The first kappa shape index (κ1) is 15.2. The van der Waals surface area contributed by atoms with Gasteiger partial charge in [-0.3, -0.25) is 4.90 Å². The fourth-order valence-corrected chi connectivity index (χ4v) is 2.00. The summed E-state index contributed by atoms with van der Waals surface area (Å²) < 4.78 is 15.9. The van der Waals surface area contributed by atoms with Gasteiger partial charge in [0.25, 0.3) is 0 Å². The summed E-state index contributed by atoms with van der Waals surface area (Å²) in [5, 5.41) is 9.35. The lowest BCUT2D eigenvalue weighted by Crippen LogP contribution is -2.43. The number of aliphatic hydroxyl groups is 1. The molecular formula is C12H23NO5. The Bertz CT molecular complexity index is 295. The van der Waals surface area contributed by atoms with Gasteiger partial charge < -0.3 is 19.3 Å². The van der Waals surface area contributed by atoms with E-state index >= 15 is 0 Å². The highest BCUT2D eigenvalue weighted by Gasteiger charge is 2.47. The van der Waals surface area contributed by atoms with Crippen molar-refractivity contribution >= 4 is 6.09 Å². The molecule has 1 saturated heterocycles. The first-order chi connectivity index (χ1) is 8.27. The Morgan fingerprint density at radius 2 is 1.94 bits per heavy atom. The van der Waals surface area contributed by atoms with Crippen LogP contribution in [0.15, 0.2) is 0 Å². The maximum atomic E-state index is 12.0. The Kier molecular flexibility index (Phi) is 4.58. The van der Waals surface area contributed by atoms with E-state index in [-0.39, 0.29) is 19.2 Å². The maximum absolute atomic E-state index is 12.0. The second kappa shape index (κ2) is 5.42. The predicted octanol–water partition coefficient (Wildman–Crippen LogP) is 0.977. The van der Waals surface area contributed by atoms with Crippen LogP contribution in [0.4, 0.5) is 4.79 Å². The SMILES string of the molecule is COC1(OC)C[C@H](CO)N(C(=O)OC(C)(C)C)C1. The van der Waals surface area contributed by atoms with Crippen LogP contribution in [0.3, 0.4) is 0 Å². The molecule has 0 aromatic carbocycles. The molecule has 1 aliphatic rings. The molecule has 0 aliphatic carbocycles. The summed E-state index contributed by atoms with van der Waals surface area (Å²) in [7, 11) is 3.05. The average molecular weight is 261 g/mol. The van der Waals surface area contributed by atoms with E-state index in [4.69, 9.17) is 14.2 Å². The van der Waals surface area contributed by atoms with E-state index in [9.17, 15) is 9.90 Å². The number of hydrogen-bond acceptors (Lipinski definition) is 5. The Morgan fingerprint density at radius 1 is 1.39 bits per heavy atom. The third-order valence-corrected chi connectivity index (χ3v) is 2.98. The number of hydrogen-bond donors (Lipinski definition) is 1. The number of carbonyl (C=O) groups excluding carboxylic acids is 1. The smallest absolute Gasteiger partial charge is 0.410 e. The molecule has 0 aromatic heterocycles. The lowest BCUT2D eigenvalue weighted by molar-refractivity contribution is -0.195. The minimum atomic E-state index is -0.857. The van der Waals surface area contributed by atoms with Crippen molar-refractivity contribution in [3.8, 4) is 0 Å². The van der Waals surface area contributed by atoms with Crippen molar-refractivity contribution in [2.24, 2.45) is 0 Å². The lowest BCUT2D eigenvalue weighted by atomic mass is 10.1. The Hall–Kier alpha value is -0.850. The van der Waals surface area contributed by atoms with Gasteiger partial charge in [-0.25, -0.2) is 4.79 Å². The summed E-state index contributed by atoms with van der Waals surface area (Å²) in [6, 6.07) is -0.347. The van der Waals surface area contributed by atoms with Gasteiger partial charge >= 0.3 is 6.09 Å². The average Bonchev–Trinajstić information content (AvgIpc) is 2.67. The molecule has 1 heterocycles. The van der Waals surface area contributed by atoms with E-state index in [1.165, 1.54) is 19.1 Å². The standard InChI is InChI=1S/C12H23NO5/c1-11(2,3)18-10(15)13-8-12(16-4,17-5)6-9(13)7-14/h9,14H,6-8H2,1-5H3/t9-/m1/s1. The highest BCUT2D eigenvalue weighted by atomic mass is 16.7. The minimum Gasteiger partial charge on any atom is -0.444 e. The molecule has 0 unspecified atom stereocenters. The van der Waals surface area contributed by atoms with Crippen molar-refractivity contribution in [1.82, 2.24) is 4.90 Å². The van der Waals surface area contributed by atoms with Gasteiger partial charge in [0.05, 0.1) is 19.2 Å². The monoisotopic (exact) mass is 261 g/mol. The van der Waals surface area contributed by atoms with Crippen molar-refractivity contribution in [3.05, 3.63) is 0 Å². The summed E-state index contributed by atoms with van der Waals surface area (Å²) in [6.45, 7) is 5.51. The zero-order valence-electron chi connectivity index (χ0n) is 11.7. The number of carbonyl (C=O) groups is 1. The topological polar surface area (TPSA) is 68.2 Å². The first-order valence-electron chi connectivity index (χ1n) is 5.97. The van der Waals surface area contributed by atoms with Gasteiger partial charge in [-0.1, -0.05) is 0 Å². The third kappa shape index (κ3) is 3.34. The van der Waals surface area contributed by atoms with Gasteiger partial charge in [-0.15, -0.1) is 0 Å². The van der Waals surface area contributed by atoms with Crippen LogP contribution in [0.5, 0.6) is 0 Å². The summed E-state index contributed by atoms with van der Waals surface area (Å²) in [5.74, 6) is -0.857. The number of rotatable bonds is 3. The Balaban J connectivity index is 2.79. The van der Waals surface area contributed by atoms with Crippen molar-refractivity contribution in [3.63, 3.8) is 0 Å². The van der Waals surface area contributed by atoms with Crippen LogP contribution in [-0.4, -0.2) is 60.9 Å². The predicted molar refractivity (Wildman–Crippen MR) is 65.2 cm³/mol. The zero-order chi connectivity index (χ0) is 14.0. The molecular weight excluding hydrogens is 238 g/mol. The molecule has 0 saturated carbocycles. The van der Waals surface area contributed by atoms with Gasteiger partial charge in [0.1, 0.15) is 5.60 Å². The van der Waals surface area contributed by atoms with Crippen LogP contribution >= 0.6 is 0 Å². The molecule has 6 nitrogen and oxygen atoms in total. The second-order valence-corrected chi connectivity index (χ2v) is 5.47. The molecule has 0 radical (unpaired) electrons. The molecule has 0 spiro atoms. The van der Waals surface area contributed by atoms with Crippen LogP contribution in [0.25, 0.3) is 0 Å². The van der Waals surface area contributed by atoms with Crippen molar-refractivity contribution in [1.29, 1.82) is 0 Å². The molecule has 18 heavy (non-hydrogen) atoms. The van der Waals surface area contributed by atoms with Crippen LogP contribution < -0.4 is 0 Å². The molecule has 1 amide bonds. The van der Waals surface area contributed by atoms with E-state index in [1.807, 2.05) is 0 Å². The van der Waals surface area contributed by atoms with Crippen molar-refractivity contribution in [2.45, 2.75) is 44.6 Å². The highest BCUT2D eigenvalue weighted by molar-refractivity contribution is 5.69. The number of amides is 1. The van der Waals surface area contributed by atoms with E-state index in [2.05, 4.69) is 0 Å². The van der Waals surface area contributed by atoms with Gasteiger partial charge in [0.15, 0.2) is 5.79 Å². The van der Waals surface area contributed by atoms with E-state index < -0.39 is 17.5 Å². The molecule has 0 aromatic rings. The van der Waals surface area contributed by atoms with Crippen molar-refractivity contribution < 1.29 is 24.1 Å².